The summed E-state index contributed by atoms with van der Waals surface area (Å²) in [6, 6.07) is 18.1. The van der Waals surface area contributed by atoms with Crippen LogP contribution in [0.4, 0.5) is 5.69 Å². The fourth-order valence-corrected chi connectivity index (χ4v) is 4.06. The molecule has 1 aromatic heterocycles. The number of pyridine rings is 1. The molecule has 0 radical (unpaired) electrons. The van der Waals surface area contributed by atoms with Crippen LogP contribution in [0.25, 0.3) is 0 Å². The standard InChI is InChI=1S/C22H21N3O4S/c26-21(24-16-6-4-7-16)20-10-5-15-23-22(20)29-18-13-11-17(12-14-18)25-30(27,28)19-8-2-1-3-9-19/h1-3,5,8-16,25H,4,6-7H2,(H,24,26). The van der Waals surface area contributed by atoms with Gasteiger partial charge in [-0.2, -0.15) is 0 Å². The number of aromatic nitrogens is 1. The Balaban J connectivity index is 1.46. The molecule has 1 fully saturated rings. The molecule has 0 atom stereocenters. The molecule has 0 saturated heterocycles. The second kappa shape index (κ2) is 8.54. The van der Waals surface area contributed by atoms with Crippen LogP contribution in [0.2, 0.25) is 0 Å². The maximum Gasteiger partial charge on any atom is 0.261 e. The SMILES string of the molecule is O=C(NC1CCC1)c1cccnc1Oc1ccc(NS(=O)(=O)c2ccccc2)cc1. The number of carbonyl (C=O) groups is 1. The zero-order valence-corrected chi connectivity index (χ0v) is 16.9. The number of carbonyl (C=O) groups excluding carboxylic acids is 1. The molecule has 4 rings (SSSR count). The Bertz CT molecular complexity index is 1130. The molecule has 0 aliphatic heterocycles. The molecule has 2 N–H and O–H groups in total. The van der Waals surface area contributed by atoms with Gasteiger partial charge in [-0.1, -0.05) is 18.2 Å². The Labute approximate surface area is 175 Å². The molecule has 154 valence electrons. The van der Waals surface area contributed by atoms with Crippen LogP contribution >= 0.6 is 0 Å². The van der Waals surface area contributed by atoms with Gasteiger partial charge >= 0.3 is 0 Å². The lowest BCUT2D eigenvalue weighted by molar-refractivity contribution is 0.0914. The van der Waals surface area contributed by atoms with Gasteiger partial charge in [0, 0.05) is 17.9 Å². The lowest BCUT2D eigenvalue weighted by Gasteiger charge is -2.26. The molecular formula is C22H21N3O4S. The highest BCUT2D eigenvalue weighted by molar-refractivity contribution is 7.92. The average Bonchev–Trinajstić information content (AvgIpc) is 2.73. The number of hydrogen-bond acceptors (Lipinski definition) is 5. The molecule has 1 heterocycles. The van der Waals surface area contributed by atoms with Crippen LogP contribution in [0.15, 0.2) is 77.8 Å². The first-order valence-corrected chi connectivity index (χ1v) is 11.1. The van der Waals surface area contributed by atoms with E-state index in [9.17, 15) is 13.2 Å². The Morgan fingerprint density at radius 3 is 2.37 bits per heavy atom. The third kappa shape index (κ3) is 4.60. The van der Waals surface area contributed by atoms with E-state index >= 15 is 0 Å². The first kappa shape index (κ1) is 19.9. The molecule has 1 amide bonds. The van der Waals surface area contributed by atoms with Crippen molar-refractivity contribution in [1.29, 1.82) is 0 Å². The van der Waals surface area contributed by atoms with Crippen LogP contribution in [0.1, 0.15) is 29.6 Å². The normalized spacial score (nSPS) is 13.9. The van der Waals surface area contributed by atoms with E-state index in [1.807, 2.05) is 0 Å². The molecule has 0 spiro atoms. The second-order valence-electron chi connectivity index (χ2n) is 7.00. The first-order chi connectivity index (χ1) is 14.5. The zero-order valence-electron chi connectivity index (χ0n) is 16.1. The van der Waals surface area contributed by atoms with Gasteiger partial charge < -0.3 is 10.1 Å². The third-order valence-electron chi connectivity index (χ3n) is 4.83. The van der Waals surface area contributed by atoms with Crippen molar-refractivity contribution in [3.63, 3.8) is 0 Å². The summed E-state index contributed by atoms with van der Waals surface area (Å²) in [7, 11) is -3.67. The number of ether oxygens (including phenoxy) is 1. The van der Waals surface area contributed by atoms with Gasteiger partial charge in [0.2, 0.25) is 5.88 Å². The maximum atomic E-state index is 12.5. The Morgan fingerprint density at radius 2 is 1.70 bits per heavy atom. The van der Waals surface area contributed by atoms with Crippen LogP contribution in [0.5, 0.6) is 11.6 Å². The van der Waals surface area contributed by atoms with Crippen LogP contribution in [0.3, 0.4) is 0 Å². The van der Waals surface area contributed by atoms with E-state index in [1.54, 1.807) is 60.8 Å². The van der Waals surface area contributed by atoms with Crippen LogP contribution in [-0.2, 0) is 10.0 Å². The van der Waals surface area contributed by atoms with Crippen molar-refractivity contribution in [3.8, 4) is 11.6 Å². The van der Waals surface area contributed by atoms with Crippen molar-refractivity contribution >= 4 is 21.6 Å². The summed E-state index contributed by atoms with van der Waals surface area (Å²) in [4.78, 5) is 16.9. The number of benzene rings is 2. The lowest BCUT2D eigenvalue weighted by Crippen LogP contribution is -2.39. The van der Waals surface area contributed by atoms with Gasteiger partial charge in [-0.25, -0.2) is 13.4 Å². The van der Waals surface area contributed by atoms with Gasteiger partial charge in [0.15, 0.2) is 0 Å². The molecule has 2 aromatic carbocycles. The first-order valence-electron chi connectivity index (χ1n) is 9.63. The van der Waals surface area contributed by atoms with E-state index in [1.165, 1.54) is 12.1 Å². The highest BCUT2D eigenvalue weighted by atomic mass is 32.2. The van der Waals surface area contributed by atoms with E-state index in [-0.39, 0.29) is 22.7 Å². The minimum Gasteiger partial charge on any atom is -0.438 e. The van der Waals surface area contributed by atoms with Crippen molar-refractivity contribution in [3.05, 3.63) is 78.5 Å². The number of hydrogen-bond donors (Lipinski definition) is 2. The summed E-state index contributed by atoms with van der Waals surface area (Å²) >= 11 is 0. The van der Waals surface area contributed by atoms with Crippen LogP contribution in [-0.4, -0.2) is 25.4 Å². The van der Waals surface area contributed by atoms with Crippen molar-refractivity contribution in [1.82, 2.24) is 10.3 Å². The molecule has 1 saturated carbocycles. The van der Waals surface area contributed by atoms with Crippen molar-refractivity contribution < 1.29 is 17.9 Å². The summed E-state index contributed by atoms with van der Waals surface area (Å²) in [5.41, 5.74) is 0.758. The Hall–Kier alpha value is -3.39. The third-order valence-corrected chi connectivity index (χ3v) is 6.23. The van der Waals surface area contributed by atoms with E-state index in [0.29, 0.717) is 17.0 Å². The summed E-state index contributed by atoms with van der Waals surface area (Å²) in [6.07, 6.45) is 4.66. The highest BCUT2D eigenvalue weighted by Crippen LogP contribution is 2.26. The average molecular weight is 423 g/mol. The predicted octanol–water partition coefficient (Wildman–Crippen LogP) is 3.96. The Morgan fingerprint density at radius 1 is 0.967 bits per heavy atom. The zero-order chi connectivity index (χ0) is 21.0. The van der Waals surface area contributed by atoms with Gasteiger partial charge in [0.1, 0.15) is 11.3 Å². The monoisotopic (exact) mass is 423 g/mol. The minimum atomic E-state index is -3.67. The van der Waals surface area contributed by atoms with Gasteiger partial charge in [-0.15, -0.1) is 0 Å². The van der Waals surface area contributed by atoms with Crippen molar-refractivity contribution in [2.24, 2.45) is 0 Å². The summed E-state index contributed by atoms with van der Waals surface area (Å²) < 4.78 is 33.1. The highest BCUT2D eigenvalue weighted by Gasteiger charge is 2.22. The minimum absolute atomic E-state index is 0.181. The van der Waals surface area contributed by atoms with E-state index < -0.39 is 10.0 Å². The van der Waals surface area contributed by atoms with Gasteiger partial charge in [0.05, 0.1) is 4.90 Å². The van der Waals surface area contributed by atoms with E-state index in [2.05, 4.69) is 15.0 Å². The predicted molar refractivity (Wildman–Crippen MR) is 113 cm³/mol. The quantitative estimate of drug-likeness (QED) is 0.600. The van der Waals surface area contributed by atoms with Crippen LogP contribution < -0.4 is 14.8 Å². The number of rotatable bonds is 7. The van der Waals surface area contributed by atoms with E-state index in [0.717, 1.165) is 19.3 Å². The number of nitrogens with one attached hydrogen (secondary N) is 2. The molecule has 3 aromatic rings. The fraction of sp³-hybridized carbons (Fsp3) is 0.182. The molecular weight excluding hydrogens is 402 g/mol. The summed E-state index contributed by atoms with van der Waals surface area (Å²) in [6.45, 7) is 0. The molecule has 0 unspecified atom stereocenters. The number of amides is 1. The number of anilines is 1. The summed E-state index contributed by atoms with van der Waals surface area (Å²) in [5, 5.41) is 2.97. The molecule has 1 aliphatic carbocycles. The molecule has 0 bridgehead atoms. The van der Waals surface area contributed by atoms with Crippen LogP contribution in [0, 0.1) is 0 Å². The smallest absolute Gasteiger partial charge is 0.261 e. The number of nitrogens with zero attached hydrogens (tertiary/aromatic N) is 1. The molecule has 7 nitrogen and oxygen atoms in total. The molecule has 1 aliphatic rings. The topological polar surface area (TPSA) is 97.4 Å². The van der Waals surface area contributed by atoms with E-state index in [4.69, 9.17) is 4.74 Å². The fourth-order valence-electron chi connectivity index (χ4n) is 2.98. The van der Waals surface area contributed by atoms with Crippen molar-refractivity contribution in [2.45, 2.75) is 30.2 Å². The summed E-state index contributed by atoms with van der Waals surface area (Å²) in [5.74, 6) is 0.427. The second-order valence-corrected chi connectivity index (χ2v) is 8.68. The lowest BCUT2D eigenvalue weighted by atomic mass is 9.93. The van der Waals surface area contributed by atoms with Gasteiger partial charge in [-0.3, -0.25) is 9.52 Å². The largest absolute Gasteiger partial charge is 0.438 e. The molecule has 30 heavy (non-hydrogen) atoms. The van der Waals surface area contributed by atoms with Gasteiger partial charge in [0.25, 0.3) is 15.9 Å². The van der Waals surface area contributed by atoms with Gasteiger partial charge in [-0.05, 0) is 67.8 Å². The Kier molecular flexibility index (Phi) is 5.67. The molecule has 8 heteroatoms. The van der Waals surface area contributed by atoms with Crippen molar-refractivity contribution in [2.75, 3.05) is 4.72 Å². The maximum absolute atomic E-state index is 12.5. The number of sulfonamides is 1.